The van der Waals surface area contributed by atoms with Crippen LogP contribution in [-0.2, 0) is 0 Å². The molecule has 2 N–H and O–H groups in total. The van der Waals surface area contributed by atoms with Gasteiger partial charge in [-0.25, -0.2) is 10.4 Å². The Kier molecular flexibility index (Phi) is 3.82. The number of carbonyl (C=O) groups excluding carboxylic acids is 1. The minimum absolute atomic E-state index is 0.100. The maximum Gasteiger partial charge on any atom is 0.291 e. The minimum Gasteiger partial charge on any atom is -0.507 e. The molecule has 6 heteroatoms. The molecular weight excluding hydrogens is 244 g/mol. The van der Waals surface area contributed by atoms with E-state index in [0.29, 0.717) is 5.56 Å². The molecule has 2 aromatic rings. The van der Waals surface area contributed by atoms with Crippen LogP contribution in [0.5, 0.6) is 5.75 Å². The smallest absolute Gasteiger partial charge is 0.291 e. The third-order valence-corrected chi connectivity index (χ3v) is 2.35. The van der Waals surface area contributed by atoms with E-state index in [1.54, 1.807) is 18.2 Å². The van der Waals surface area contributed by atoms with Crippen LogP contribution in [0.2, 0.25) is 0 Å². The van der Waals surface area contributed by atoms with Gasteiger partial charge in [-0.2, -0.15) is 5.10 Å². The number of nitrogens with zero attached hydrogens (tertiary/aromatic N) is 3. The molecule has 96 valence electrons. The van der Waals surface area contributed by atoms with E-state index in [4.69, 9.17) is 0 Å². The molecule has 0 radical (unpaired) electrons. The van der Waals surface area contributed by atoms with Gasteiger partial charge in [0.1, 0.15) is 11.4 Å². The molecule has 19 heavy (non-hydrogen) atoms. The van der Waals surface area contributed by atoms with Crippen molar-refractivity contribution >= 4 is 12.1 Å². The van der Waals surface area contributed by atoms with Crippen molar-refractivity contribution in [3.8, 4) is 5.75 Å². The molecular formula is C13H12N4O2. The number of benzene rings is 1. The van der Waals surface area contributed by atoms with Crippen molar-refractivity contribution in [2.45, 2.75) is 6.92 Å². The average molecular weight is 256 g/mol. The Balaban J connectivity index is 2.04. The highest BCUT2D eigenvalue weighted by molar-refractivity contribution is 5.93. The second-order valence-corrected chi connectivity index (χ2v) is 3.85. The summed E-state index contributed by atoms with van der Waals surface area (Å²) in [6, 6.07) is 5.11. The second-order valence-electron chi connectivity index (χ2n) is 3.85. The van der Waals surface area contributed by atoms with Gasteiger partial charge in [-0.3, -0.25) is 9.78 Å². The van der Waals surface area contributed by atoms with E-state index in [1.165, 1.54) is 24.8 Å². The monoisotopic (exact) mass is 256 g/mol. The SMILES string of the molecule is Cc1ccc(O)c(/C=N/NC(=O)c2cnccn2)c1. The summed E-state index contributed by atoms with van der Waals surface area (Å²) in [5.74, 6) is -0.361. The molecule has 0 fully saturated rings. The first kappa shape index (κ1) is 12.7. The molecule has 1 aromatic heterocycles. The summed E-state index contributed by atoms with van der Waals surface area (Å²) in [6.45, 7) is 1.90. The number of hydrogen-bond donors (Lipinski definition) is 2. The summed E-state index contributed by atoms with van der Waals surface area (Å²) in [6.07, 6.45) is 5.61. The van der Waals surface area contributed by atoms with Crippen molar-refractivity contribution in [2.75, 3.05) is 0 Å². The van der Waals surface area contributed by atoms with Crippen LogP contribution < -0.4 is 5.43 Å². The maximum absolute atomic E-state index is 11.6. The van der Waals surface area contributed by atoms with Crippen molar-refractivity contribution in [2.24, 2.45) is 5.10 Å². The van der Waals surface area contributed by atoms with Crippen molar-refractivity contribution < 1.29 is 9.90 Å². The number of nitrogens with one attached hydrogen (secondary N) is 1. The van der Waals surface area contributed by atoms with E-state index >= 15 is 0 Å². The third kappa shape index (κ3) is 3.35. The van der Waals surface area contributed by atoms with Gasteiger partial charge in [0.15, 0.2) is 0 Å². The number of aromatic hydroxyl groups is 1. The standard InChI is InChI=1S/C13H12N4O2/c1-9-2-3-12(18)10(6-9)7-16-17-13(19)11-8-14-4-5-15-11/h2-8,18H,1H3,(H,17,19)/b16-7+. The van der Waals surface area contributed by atoms with Crippen molar-refractivity contribution in [1.82, 2.24) is 15.4 Å². The highest BCUT2D eigenvalue weighted by Crippen LogP contribution is 2.15. The number of hydrogen-bond acceptors (Lipinski definition) is 5. The zero-order valence-electron chi connectivity index (χ0n) is 10.2. The van der Waals surface area contributed by atoms with Gasteiger partial charge in [-0.1, -0.05) is 11.6 Å². The van der Waals surface area contributed by atoms with E-state index in [-0.39, 0.29) is 11.4 Å². The van der Waals surface area contributed by atoms with Gasteiger partial charge < -0.3 is 5.11 Å². The molecule has 1 amide bonds. The molecule has 1 aromatic carbocycles. The molecule has 6 nitrogen and oxygen atoms in total. The van der Waals surface area contributed by atoms with Gasteiger partial charge in [0, 0.05) is 18.0 Å². The largest absolute Gasteiger partial charge is 0.507 e. The summed E-state index contributed by atoms with van der Waals surface area (Å²) in [5, 5.41) is 13.4. The Hall–Kier alpha value is -2.76. The van der Waals surface area contributed by atoms with E-state index in [2.05, 4.69) is 20.5 Å². The zero-order chi connectivity index (χ0) is 13.7. The Morgan fingerprint density at radius 1 is 1.42 bits per heavy atom. The summed E-state index contributed by atoms with van der Waals surface area (Å²) in [4.78, 5) is 19.2. The van der Waals surface area contributed by atoms with Crippen LogP contribution >= 0.6 is 0 Å². The molecule has 0 aliphatic rings. The number of phenolic OH excluding ortho intramolecular Hbond substituents is 1. The predicted octanol–water partition coefficient (Wildman–Crippen LogP) is 1.25. The van der Waals surface area contributed by atoms with E-state index in [0.717, 1.165) is 5.56 Å². The lowest BCUT2D eigenvalue weighted by atomic mass is 10.1. The number of aromatic nitrogens is 2. The predicted molar refractivity (Wildman–Crippen MR) is 69.9 cm³/mol. The lowest BCUT2D eigenvalue weighted by Crippen LogP contribution is -2.19. The molecule has 1 heterocycles. The Morgan fingerprint density at radius 3 is 3.00 bits per heavy atom. The van der Waals surface area contributed by atoms with Crippen LogP contribution in [-0.4, -0.2) is 27.2 Å². The number of carbonyl (C=O) groups is 1. The van der Waals surface area contributed by atoms with Crippen molar-refractivity contribution in [3.63, 3.8) is 0 Å². The van der Waals surface area contributed by atoms with Crippen molar-refractivity contribution in [3.05, 3.63) is 53.6 Å². The van der Waals surface area contributed by atoms with Gasteiger partial charge >= 0.3 is 0 Å². The van der Waals surface area contributed by atoms with Gasteiger partial charge in [0.05, 0.1) is 12.4 Å². The van der Waals surface area contributed by atoms with E-state index in [9.17, 15) is 9.90 Å². The molecule has 0 saturated carbocycles. The van der Waals surface area contributed by atoms with Crippen LogP contribution in [0.1, 0.15) is 21.6 Å². The van der Waals surface area contributed by atoms with Crippen LogP contribution in [0.25, 0.3) is 0 Å². The summed E-state index contributed by atoms with van der Waals surface area (Å²) in [5.41, 5.74) is 4.00. The number of aryl methyl sites for hydroxylation is 1. The van der Waals surface area contributed by atoms with Crippen LogP contribution in [0.3, 0.4) is 0 Å². The molecule has 2 rings (SSSR count). The van der Waals surface area contributed by atoms with E-state index in [1.807, 2.05) is 6.92 Å². The quantitative estimate of drug-likeness (QED) is 0.639. The van der Waals surface area contributed by atoms with Crippen LogP contribution in [0, 0.1) is 6.92 Å². The normalized spacial score (nSPS) is 10.6. The molecule has 0 saturated heterocycles. The van der Waals surface area contributed by atoms with Gasteiger partial charge in [0.25, 0.3) is 5.91 Å². The average Bonchev–Trinajstić information content (AvgIpc) is 2.43. The first-order valence-corrected chi connectivity index (χ1v) is 5.56. The first-order valence-electron chi connectivity index (χ1n) is 5.56. The Morgan fingerprint density at radius 2 is 2.26 bits per heavy atom. The fourth-order valence-corrected chi connectivity index (χ4v) is 1.41. The van der Waals surface area contributed by atoms with E-state index < -0.39 is 5.91 Å². The van der Waals surface area contributed by atoms with Crippen LogP contribution in [0.15, 0.2) is 41.9 Å². The van der Waals surface area contributed by atoms with Gasteiger partial charge in [0.2, 0.25) is 0 Å². The van der Waals surface area contributed by atoms with Crippen molar-refractivity contribution in [1.29, 1.82) is 0 Å². The number of amides is 1. The first-order chi connectivity index (χ1) is 9.16. The number of hydrazone groups is 1. The molecule has 0 spiro atoms. The summed E-state index contributed by atoms with van der Waals surface area (Å²) in [7, 11) is 0. The summed E-state index contributed by atoms with van der Waals surface area (Å²) >= 11 is 0. The molecule has 0 unspecified atom stereocenters. The highest BCUT2D eigenvalue weighted by atomic mass is 16.3. The second kappa shape index (κ2) is 5.72. The lowest BCUT2D eigenvalue weighted by molar-refractivity contribution is 0.0949. The molecule has 0 bridgehead atoms. The molecule has 0 atom stereocenters. The van der Waals surface area contributed by atoms with Gasteiger partial charge in [-0.05, 0) is 19.1 Å². The zero-order valence-corrected chi connectivity index (χ0v) is 10.2. The molecule has 0 aliphatic carbocycles. The lowest BCUT2D eigenvalue weighted by Gasteiger charge is -2.00. The Labute approximate surface area is 109 Å². The highest BCUT2D eigenvalue weighted by Gasteiger charge is 2.04. The number of rotatable bonds is 3. The maximum atomic E-state index is 11.6. The molecule has 0 aliphatic heterocycles. The third-order valence-electron chi connectivity index (χ3n) is 2.35. The summed E-state index contributed by atoms with van der Waals surface area (Å²) < 4.78 is 0. The number of phenols is 1. The topological polar surface area (TPSA) is 87.5 Å². The van der Waals surface area contributed by atoms with Crippen LogP contribution in [0.4, 0.5) is 0 Å². The fourth-order valence-electron chi connectivity index (χ4n) is 1.41. The Bertz CT molecular complexity index is 611. The minimum atomic E-state index is -0.462. The van der Waals surface area contributed by atoms with Gasteiger partial charge in [-0.15, -0.1) is 0 Å². The fraction of sp³-hybridized carbons (Fsp3) is 0.0769.